The van der Waals surface area contributed by atoms with Crippen LogP contribution in [-0.4, -0.2) is 56.2 Å². The highest BCUT2D eigenvalue weighted by atomic mass is 16.6. The Morgan fingerprint density at radius 3 is 2.44 bits per heavy atom. The summed E-state index contributed by atoms with van der Waals surface area (Å²) in [6, 6.07) is 16.4. The van der Waals surface area contributed by atoms with Crippen molar-refractivity contribution in [2.45, 2.75) is 44.1 Å². The van der Waals surface area contributed by atoms with Crippen LogP contribution >= 0.6 is 0 Å². The summed E-state index contributed by atoms with van der Waals surface area (Å²) >= 11 is 0. The van der Waals surface area contributed by atoms with Crippen molar-refractivity contribution in [3.8, 4) is 5.75 Å². The molecule has 32 heavy (non-hydrogen) atoms. The molecule has 0 radical (unpaired) electrons. The molecule has 2 saturated heterocycles. The molecule has 0 spiro atoms. The molecule has 4 rings (SSSR count). The molecular weight excluding hydrogens is 412 g/mol. The third-order valence-electron chi connectivity index (χ3n) is 5.55. The van der Waals surface area contributed by atoms with Gasteiger partial charge in [-0.25, -0.2) is 4.79 Å². The van der Waals surface area contributed by atoms with Crippen LogP contribution < -0.4 is 15.4 Å². The fourth-order valence-corrected chi connectivity index (χ4v) is 3.84. The van der Waals surface area contributed by atoms with Gasteiger partial charge in [0.1, 0.15) is 18.0 Å². The number of carbonyl (C=O) groups is 2. The zero-order valence-electron chi connectivity index (χ0n) is 18.2. The van der Waals surface area contributed by atoms with Crippen LogP contribution in [-0.2, 0) is 19.0 Å². The van der Waals surface area contributed by atoms with E-state index in [-0.39, 0.29) is 37.9 Å². The number of anilines is 1. The Hall–Kier alpha value is -3.10. The van der Waals surface area contributed by atoms with Crippen LogP contribution in [0.2, 0.25) is 0 Å². The number of carbonyl (C=O) groups excluding carboxylic acids is 2. The summed E-state index contributed by atoms with van der Waals surface area (Å²) in [6.07, 6.45) is -1.91. The van der Waals surface area contributed by atoms with Gasteiger partial charge in [0.2, 0.25) is 0 Å². The van der Waals surface area contributed by atoms with Gasteiger partial charge >= 0.3 is 6.09 Å². The second kappa shape index (κ2) is 10.0. The maximum Gasteiger partial charge on any atom is 0.412 e. The van der Waals surface area contributed by atoms with Crippen molar-refractivity contribution in [2.75, 3.05) is 25.1 Å². The monoisotopic (exact) mass is 440 g/mol. The van der Waals surface area contributed by atoms with Crippen LogP contribution in [0, 0.1) is 0 Å². The molecule has 2 amide bonds. The van der Waals surface area contributed by atoms with E-state index < -0.39 is 18.3 Å². The summed E-state index contributed by atoms with van der Waals surface area (Å²) < 4.78 is 22.5. The third kappa shape index (κ3) is 5.38. The SMILES string of the molecule is CC(C)c1ccc(NC(=O)O[C@@H]2CO[C@H]3[C@@H]2OC[C@@H]3NC(=O)COc2ccccc2)cc1. The van der Waals surface area contributed by atoms with Gasteiger partial charge in [-0.2, -0.15) is 0 Å². The second-order valence-corrected chi connectivity index (χ2v) is 8.22. The highest BCUT2D eigenvalue weighted by Gasteiger charge is 2.50. The highest BCUT2D eigenvalue weighted by Crippen LogP contribution is 2.29. The largest absolute Gasteiger partial charge is 0.484 e. The number of nitrogens with one attached hydrogen (secondary N) is 2. The predicted octanol–water partition coefficient (Wildman–Crippen LogP) is 3.09. The summed E-state index contributed by atoms with van der Waals surface area (Å²) in [5.74, 6) is 0.777. The van der Waals surface area contributed by atoms with Crippen molar-refractivity contribution in [3.05, 3.63) is 60.2 Å². The molecule has 0 bridgehead atoms. The standard InChI is InChI=1S/C24H28N2O6/c1-15(2)16-8-10-17(11-9-16)25-24(28)32-20-13-31-22-19(12-30-23(20)22)26-21(27)14-29-18-6-4-3-5-7-18/h3-11,15,19-20,22-23H,12-14H2,1-2H3,(H,25,28)(H,26,27)/t19-,20+,22+,23+/m0/s1. The number of rotatable bonds is 7. The average molecular weight is 440 g/mol. The Kier molecular flexibility index (Phi) is 6.92. The third-order valence-corrected chi connectivity index (χ3v) is 5.55. The molecule has 0 aromatic heterocycles. The lowest BCUT2D eigenvalue weighted by Crippen LogP contribution is -2.46. The van der Waals surface area contributed by atoms with Gasteiger partial charge in [-0.1, -0.05) is 44.2 Å². The smallest absolute Gasteiger partial charge is 0.412 e. The minimum absolute atomic E-state index is 0.101. The van der Waals surface area contributed by atoms with E-state index in [2.05, 4.69) is 24.5 Å². The lowest BCUT2D eigenvalue weighted by molar-refractivity contribution is -0.124. The molecule has 2 aromatic carbocycles. The molecule has 0 unspecified atom stereocenters. The Morgan fingerprint density at radius 2 is 1.72 bits per heavy atom. The molecule has 2 N–H and O–H groups in total. The molecule has 4 atom stereocenters. The molecule has 2 aromatic rings. The van der Waals surface area contributed by atoms with Crippen molar-refractivity contribution >= 4 is 17.7 Å². The molecule has 8 heteroatoms. The first kappa shape index (κ1) is 22.1. The maximum atomic E-state index is 12.3. The summed E-state index contributed by atoms with van der Waals surface area (Å²) in [6.45, 7) is 4.62. The summed E-state index contributed by atoms with van der Waals surface area (Å²) in [5.41, 5.74) is 1.85. The van der Waals surface area contributed by atoms with E-state index in [0.29, 0.717) is 17.4 Å². The molecule has 2 aliphatic heterocycles. The predicted molar refractivity (Wildman–Crippen MR) is 118 cm³/mol. The summed E-state index contributed by atoms with van der Waals surface area (Å²) in [7, 11) is 0. The number of fused-ring (bicyclic) bond motifs is 1. The van der Waals surface area contributed by atoms with E-state index in [1.54, 1.807) is 12.1 Å². The Morgan fingerprint density at radius 1 is 1.00 bits per heavy atom. The Bertz CT molecular complexity index is 918. The van der Waals surface area contributed by atoms with Crippen molar-refractivity contribution < 1.29 is 28.5 Å². The number of hydrogen-bond donors (Lipinski definition) is 2. The van der Waals surface area contributed by atoms with E-state index >= 15 is 0 Å². The number of hydrogen-bond acceptors (Lipinski definition) is 6. The fraction of sp³-hybridized carbons (Fsp3) is 0.417. The van der Waals surface area contributed by atoms with Gasteiger partial charge in [0, 0.05) is 5.69 Å². The van der Waals surface area contributed by atoms with Gasteiger partial charge < -0.3 is 24.3 Å². The molecular formula is C24H28N2O6. The van der Waals surface area contributed by atoms with Crippen LogP contribution in [0.15, 0.2) is 54.6 Å². The van der Waals surface area contributed by atoms with Gasteiger partial charge in [-0.05, 0) is 35.7 Å². The minimum Gasteiger partial charge on any atom is -0.484 e. The Balaban J connectivity index is 1.23. The number of amides is 2. The zero-order valence-corrected chi connectivity index (χ0v) is 18.2. The minimum atomic E-state index is -0.566. The zero-order chi connectivity index (χ0) is 22.5. The molecule has 2 heterocycles. The van der Waals surface area contributed by atoms with Crippen LogP contribution in [0.4, 0.5) is 10.5 Å². The van der Waals surface area contributed by atoms with Crippen molar-refractivity contribution in [1.82, 2.24) is 5.32 Å². The van der Waals surface area contributed by atoms with Gasteiger partial charge in [0.05, 0.1) is 19.3 Å². The first-order chi connectivity index (χ1) is 15.5. The van der Waals surface area contributed by atoms with E-state index in [9.17, 15) is 9.59 Å². The molecule has 170 valence electrons. The lowest BCUT2D eigenvalue weighted by atomic mass is 10.0. The van der Waals surface area contributed by atoms with E-state index in [0.717, 1.165) is 0 Å². The lowest BCUT2D eigenvalue weighted by Gasteiger charge is -2.18. The molecule has 2 aliphatic rings. The van der Waals surface area contributed by atoms with E-state index in [1.807, 2.05) is 42.5 Å². The van der Waals surface area contributed by atoms with E-state index in [1.165, 1.54) is 5.56 Å². The number of para-hydroxylation sites is 1. The Labute approximate surface area is 187 Å². The molecule has 2 fully saturated rings. The number of ether oxygens (including phenoxy) is 4. The van der Waals surface area contributed by atoms with Crippen molar-refractivity contribution in [2.24, 2.45) is 0 Å². The van der Waals surface area contributed by atoms with Crippen LogP contribution in [0.3, 0.4) is 0 Å². The van der Waals surface area contributed by atoms with Crippen molar-refractivity contribution in [3.63, 3.8) is 0 Å². The molecule has 0 aliphatic carbocycles. The first-order valence-corrected chi connectivity index (χ1v) is 10.8. The normalized spacial score (nSPS) is 24.1. The highest BCUT2D eigenvalue weighted by molar-refractivity contribution is 5.84. The average Bonchev–Trinajstić information content (AvgIpc) is 3.37. The summed E-state index contributed by atoms with van der Waals surface area (Å²) in [5, 5.41) is 5.61. The number of benzene rings is 2. The molecule has 0 saturated carbocycles. The second-order valence-electron chi connectivity index (χ2n) is 8.22. The van der Waals surface area contributed by atoms with Crippen LogP contribution in [0.25, 0.3) is 0 Å². The fourth-order valence-electron chi connectivity index (χ4n) is 3.84. The van der Waals surface area contributed by atoms with Crippen molar-refractivity contribution in [1.29, 1.82) is 0 Å². The molecule has 8 nitrogen and oxygen atoms in total. The topological polar surface area (TPSA) is 95.1 Å². The maximum absolute atomic E-state index is 12.3. The van der Waals surface area contributed by atoms with Gasteiger partial charge in [0.25, 0.3) is 5.91 Å². The quantitative estimate of drug-likeness (QED) is 0.687. The van der Waals surface area contributed by atoms with Crippen LogP contribution in [0.1, 0.15) is 25.3 Å². The van der Waals surface area contributed by atoms with Gasteiger partial charge in [-0.15, -0.1) is 0 Å². The van der Waals surface area contributed by atoms with Gasteiger partial charge in [0.15, 0.2) is 12.7 Å². The summed E-state index contributed by atoms with van der Waals surface area (Å²) in [4.78, 5) is 24.6. The first-order valence-electron chi connectivity index (χ1n) is 10.8. The van der Waals surface area contributed by atoms with E-state index in [4.69, 9.17) is 18.9 Å². The van der Waals surface area contributed by atoms with Gasteiger partial charge in [-0.3, -0.25) is 10.1 Å². The van der Waals surface area contributed by atoms with Crippen LogP contribution in [0.5, 0.6) is 5.75 Å².